The van der Waals surface area contributed by atoms with Crippen LogP contribution in [0.2, 0.25) is 0 Å². The smallest absolute Gasteiger partial charge is 0.246 e. The summed E-state index contributed by atoms with van der Waals surface area (Å²) in [6.45, 7) is -0.371. The van der Waals surface area contributed by atoms with Gasteiger partial charge in [-0.05, 0) is 68.2 Å². The van der Waals surface area contributed by atoms with E-state index in [1.165, 1.54) is 27.8 Å². The van der Waals surface area contributed by atoms with Gasteiger partial charge < -0.3 is 65.3 Å². The normalized spacial score (nSPS) is 21.9. The van der Waals surface area contributed by atoms with E-state index in [1.54, 1.807) is 42.5 Å². The van der Waals surface area contributed by atoms with Gasteiger partial charge in [0.15, 0.2) is 11.7 Å². The molecule has 16 N–H and O–H groups in total. The van der Waals surface area contributed by atoms with E-state index < -0.39 is 120 Å². The molecular weight excluding hydrogens is 1000 g/mol. The summed E-state index contributed by atoms with van der Waals surface area (Å²) < 4.78 is 0. The number of amides is 9. The average Bonchev–Trinajstić information content (AvgIpc) is 3.85. The van der Waals surface area contributed by atoms with Crippen LogP contribution >= 0.6 is 21.6 Å². The minimum atomic E-state index is -1.72. The molecule has 2 saturated heterocycles. The molecule has 74 heavy (non-hydrogen) atoms. The molecule has 402 valence electrons. The Kier molecular flexibility index (Phi) is 24.1. The molecule has 0 bridgehead atoms. The SMILES string of the molecule is NC(=O)CCC1CC(=O)C(Cc2ccccc2)NC(=O)C(Cc2ccc(O)cc2)CC(=O)CCSSC[C@H](C(=O)N2CCCC2C(=O)NC(CCCN=C(N)N)C(=O)NCC(N)=O)NC(=O)C(CC(N)=O)NC1=O. The quantitative estimate of drug-likeness (QED) is 0.0309. The first-order chi connectivity index (χ1) is 35.2. The summed E-state index contributed by atoms with van der Waals surface area (Å²) >= 11 is 0. The van der Waals surface area contributed by atoms with Crippen LogP contribution < -0.4 is 55.3 Å². The number of nitrogens with one attached hydrogen (secondary N) is 5. The number of rotatable bonds is 19. The van der Waals surface area contributed by atoms with Crippen molar-refractivity contribution in [3.05, 3.63) is 65.7 Å². The first-order valence-electron chi connectivity index (χ1n) is 24.0. The Morgan fingerprint density at radius 2 is 1.45 bits per heavy atom. The van der Waals surface area contributed by atoms with Crippen molar-refractivity contribution in [1.82, 2.24) is 31.5 Å². The molecule has 2 aromatic carbocycles. The number of carbonyl (C=O) groups is 11. The number of benzene rings is 2. The van der Waals surface area contributed by atoms with Gasteiger partial charge in [-0.15, -0.1) is 0 Å². The minimum absolute atomic E-state index is 0.0130. The zero-order chi connectivity index (χ0) is 54.3. The van der Waals surface area contributed by atoms with Crippen molar-refractivity contribution in [2.24, 2.45) is 45.5 Å². The van der Waals surface area contributed by atoms with E-state index in [9.17, 15) is 57.8 Å². The second-order valence-electron chi connectivity index (χ2n) is 18.0. The van der Waals surface area contributed by atoms with E-state index in [2.05, 4.69) is 31.6 Å². The van der Waals surface area contributed by atoms with E-state index >= 15 is 0 Å². The maximum Gasteiger partial charge on any atom is 0.246 e. The average molecular weight is 1070 g/mol. The maximum atomic E-state index is 14.6. The molecule has 4 rings (SSSR count). The standard InChI is InChI=1S/C48H66N12O12S2/c49-39(64)15-12-29-23-38(63)34(21-27-6-2-1-3-7-27)57-43(68)30(20-28-10-13-31(61)14-11-28)22-32(62)16-19-73-74-26-36(59-45(70)35(24-40(50)65)58-42(29)67)47(72)60-18-5-9-37(60)46(71)56-33(8-4-17-54-48(52)53)44(69)55-25-41(51)66/h1-3,6-7,10-11,13-14,29-30,33-37,61H,4-5,8-9,12,15-26H2,(H2,49,64)(H2,50,65)(H2,51,66)(H,55,69)(H,56,71)(H,57,68)(H,58,67)(H,59,70)(H4,52,53,54)/t29?,30?,33?,34?,35?,36-,37?/m1/s1. The molecule has 2 aliphatic rings. The van der Waals surface area contributed by atoms with Crippen LogP contribution in [0.15, 0.2) is 59.6 Å². The van der Waals surface area contributed by atoms with Crippen LogP contribution in [0.25, 0.3) is 0 Å². The second-order valence-corrected chi connectivity index (χ2v) is 20.6. The predicted octanol–water partition coefficient (Wildman–Crippen LogP) is -2.16. The van der Waals surface area contributed by atoms with Gasteiger partial charge in [0.2, 0.25) is 53.2 Å². The zero-order valence-corrected chi connectivity index (χ0v) is 42.4. The Morgan fingerprint density at radius 1 is 0.770 bits per heavy atom. The highest BCUT2D eigenvalue weighted by Crippen LogP contribution is 2.27. The topological polar surface area (TPSA) is 414 Å². The van der Waals surface area contributed by atoms with Crippen LogP contribution in [-0.4, -0.2) is 142 Å². The maximum absolute atomic E-state index is 14.6. The molecule has 0 saturated carbocycles. The van der Waals surface area contributed by atoms with Crippen molar-refractivity contribution >= 4 is 92.3 Å². The monoisotopic (exact) mass is 1070 g/mol. The third-order valence-corrected chi connectivity index (χ3v) is 14.5. The summed E-state index contributed by atoms with van der Waals surface area (Å²) in [5.74, 6) is -11.0. The fraction of sp³-hybridized carbons (Fsp3) is 0.500. The number of aliphatic imine (C=N–C) groups is 1. The lowest BCUT2D eigenvalue weighted by Crippen LogP contribution is -2.59. The van der Waals surface area contributed by atoms with Gasteiger partial charge in [0.1, 0.15) is 35.7 Å². The fourth-order valence-electron chi connectivity index (χ4n) is 8.28. The summed E-state index contributed by atoms with van der Waals surface area (Å²) in [7, 11) is 2.27. The van der Waals surface area contributed by atoms with Crippen LogP contribution in [0.3, 0.4) is 0 Å². The lowest BCUT2D eigenvalue weighted by atomic mass is 9.89. The highest BCUT2D eigenvalue weighted by molar-refractivity contribution is 8.76. The summed E-state index contributed by atoms with van der Waals surface area (Å²) in [5, 5.41) is 22.8. The lowest BCUT2D eigenvalue weighted by molar-refractivity contribution is -0.142. The number of carbonyl (C=O) groups excluding carboxylic acids is 11. The molecule has 26 heteroatoms. The van der Waals surface area contributed by atoms with Crippen LogP contribution in [0.4, 0.5) is 0 Å². The number of phenolic OH excluding ortho intramolecular Hbond substituents is 1. The van der Waals surface area contributed by atoms with Gasteiger partial charge in [-0.1, -0.05) is 64.1 Å². The number of ketones is 2. The summed E-state index contributed by atoms with van der Waals surface area (Å²) in [6, 6.07) is 8.02. The Morgan fingerprint density at radius 3 is 2.11 bits per heavy atom. The fourth-order valence-corrected chi connectivity index (χ4v) is 10.5. The van der Waals surface area contributed by atoms with E-state index in [4.69, 9.17) is 28.7 Å². The number of hydrogen-bond donors (Lipinski definition) is 11. The third kappa shape index (κ3) is 20.4. The van der Waals surface area contributed by atoms with Crippen LogP contribution in [0.1, 0.15) is 75.3 Å². The molecule has 2 aliphatic heterocycles. The van der Waals surface area contributed by atoms with Crippen molar-refractivity contribution in [3.8, 4) is 5.75 Å². The number of guanidine groups is 1. The van der Waals surface area contributed by atoms with Gasteiger partial charge in [-0.3, -0.25) is 57.7 Å². The van der Waals surface area contributed by atoms with Crippen molar-refractivity contribution in [3.63, 3.8) is 0 Å². The van der Waals surface area contributed by atoms with Crippen LogP contribution in [-0.2, 0) is 65.6 Å². The molecule has 0 aliphatic carbocycles. The first kappa shape index (κ1) is 59.3. The molecule has 0 radical (unpaired) electrons. The summed E-state index contributed by atoms with van der Waals surface area (Å²) in [4.78, 5) is 153. The molecule has 0 aromatic heterocycles. The van der Waals surface area contributed by atoms with Gasteiger partial charge in [-0.25, -0.2) is 0 Å². The van der Waals surface area contributed by atoms with Crippen molar-refractivity contribution < 1.29 is 57.8 Å². The van der Waals surface area contributed by atoms with Crippen molar-refractivity contribution in [2.45, 2.75) is 107 Å². The summed E-state index contributed by atoms with van der Waals surface area (Å²) in [5.41, 5.74) is 28.3. The van der Waals surface area contributed by atoms with Gasteiger partial charge in [0, 0.05) is 62.1 Å². The Labute approximate surface area is 435 Å². The highest BCUT2D eigenvalue weighted by Gasteiger charge is 2.40. The first-order valence-corrected chi connectivity index (χ1v) is 26.5. The van der Waals surface area contributed by atoms with Crippen LogP contribution in [0, 0.1) is 11.8 Å². The van der Waals surface area contributed by atoms with Gasteiger partial charge >= 0.3 is 0 Å². The molecule has 6 unspecified atom stereocenters. The van der Waals surface area contributed by atoms with Crippen molar-refractivity contribution in [1.29, 1.82) is 0 Å². The molecule has 2 heterocycles. The second kappa shape index (κ2) is 30.1. The predicted molar refractivity (Wildman–Crippen MR) is 275 cm³/mol. The number of primary amides is 3. The number of likely N-dealkylation sites (tertiary alicyclic amines) is 1. The van der Waals surface area contributed by atoms with E-state index in [-0.39, 0.29) is 99.9 Å². The Bertz CT molecular complexity index is 2370. The number of phenols is 1. The number of hydrogen-bond acceptors (Lipinski definition) is 15. The third-order valence-electron chi connectivity index (χ3n) is 12.1. The van der Waals surface area contributed by atoms with E-state index in [0.29, 0.717) is 17.5 Å². The number of Topliss-reactive ketones (excluding diaryl/α,β-unsaturated/α-hetero) is 2. The Balaban J connectivity index is 1.68. The highest BCUT2D eigenvalue weighted by atomic mass is 33.1. The number of nitrogens with two attached hydrogens (primary N) is 5. The van der Waals surface area contributed by atoms with Crippen LogP contribution in [0.5, 0.6) is 5.75 Å². The molecule has 0 spiro atoms. The lowest BCUT2D eigenvalue weighted by Gasteiger charge is -2.30. The number of nitrogens with zero attached hydrogens (tertiary/aromatic N) is 2. The van der Waals surface area contributed by atoms with E-state index in [0.717, 1.165) is 10.8 Å². The molecule has 24 nitrogen and oxygen atoms in total. The molecule has 7 atom stereocenters. The Hall–Kier alpha value is -7.22. The number of aromatic hydroxyl groups is 1. The van der Waals surface area contributed by atoms with E-state index in [1.807, 2.05) is 0 Å². The largest absolute Gasteiger partial charge is 0.508 e. The molecule has 2 fully saturated rings. The molecular formula is C48H66N12O12S2. The van der Waals surface area contributed by atoms with Gasteiger partial charge in [0.25, 0.3) is 0 Å². The van der Waals surface area contributed by atoms with Gasteiger partial charge in [0.05, 0.1) is 19.0 Å². The minimum Gasteiger partial charge on any atom is -0.508 e. The molecule has 9 amide bonds. The molecule has 2 aromatic rings. The van der Waals surface area contributed by atoms with Gasteiger partial charge in [-0.2, -0.15) is 0 Å². The summed E-state index contributed by atoms with van der Waals surface area (Å²) in [6.07, 6.45) is -1.54. The zero-order valence-electron chi connectivity index (χ0n) is 40.8. The van der Waals surface area contributed by atoms with Crippen molar-refractivity contribution in [2.75, 3.05) is 31.1 Å².